The largest absolute Gasteiger partial charge is 0.484 e. The first-order chi connectivity index (χ1) is 18.5. The number of halogens is 1. The summed E-state index contributed by atoms with van der Waals surface area (Å²) in [4.78, 5) is 27.9. The van der Waals surface area contributed by atoms with Gasteiger partial charge in [-0.3, -0.25) is 9.59 Å². The first-order valence-electron chi connectivity index (χ1n) is 12.7. The first-order valence-corrected chi connectivity index (χ1v) is 12.7. The van der Waals surface area contributed by atoms with Crippen molar-refractivity contribution in [3.8, 4) is 5.75 Å². The van der Waals surface area contributed by atoms with Crippen molar-refractivity contribution in [2.75, 3.05) is 13.2 Å². The molecule has 4 aromatic rings. The number of carbonyl (C=O) groups is 2. The second-order valence-corrected chi connectivity index (χ2v) is 9.49. The van der Waals surface area contributed by atoms with Crippen LogP contribution in [0.15, 0.2) is 97.1 Å². The minimum atomic E-state index is -0.343. The van der Waals surface area contributed by atoms with Crippen LogP contribution in [0.4, 0.5) is 4.39 Å². The number of nitrogens with one attached hydrogen (secondary N) is 1. The molecule has 0 saturated carbocycles. The Morgan fingerprint density at radius 1 is 0.947 bits per heavy atom. The van der Waals surface area contributed by atoms with Crippen molar-refractivity contribution in [3.05, 3.63) is 136 Å². The molecular weight excluding hydrogens is 479 g/mol. The smallest absolute Gasteiger partial charge is 0.258 e. The standard InChI is InChI=1S/C32H29FN2O3/c1-22-7-5-11-26(17-22)31-29-19-28(38-21-30(36)34-20-23-8-6-12-27(33)18-23)14-13-24(29)15-16-35(31)32(37)25-9-3-2-4-10-25/h2-14,17-19,31H,15-16,20-21H2,1H3,(H,34,36)/t31-/m1/s1. The summed E-state index contributed by atoms with van der Waals surface area (Å²) in [6.45, 7) is 2.69. The number of fused-ring (bicyclic) bond motifs is 1. The Balaban J connectivity index is 1.37. The molecule has 0 unspecified atom stereocenters. The van der Waals surface area contributed by atoms with E-state index in [1.807, 2.05) is 78.6 Å². The molecule has 1 aliphatic rings. The van der Waals surface area contributed by atoms with Crippen molar-refractivity contribution >= 4 is 11.8 Å². The summed E-state index contributed by atoms with van der Waals surface area (Å²) < 4.78 is 19.2. The Bertz CT molecular complexity index is 1450. The van der Waals surface area contributed by atoms with Gasteiger partial charge < -0.3 is 15.0 Å². The van der Waals surface area contributed by atoms with E-state index in [1.54, 1.807) is 12.1 Å². The lowest BCUT2D eigenvalue weighted by atomic mass is 9.87. The van der Waals surface area contributed by atoms with E-state index in [9.17, 15) is 14.0 Å². The summed E-state index contributed by atoms with van der Waals surface area (Å²) in [5.41, 5.74) is 5.61. The maximum Gasteiger partial charge on any atom is 0.258 e. The van der Waals surface area contributed by atoms with Crippen LogP contribution in [0.5, 0.6) is 5.75 Å². The molecule has 5 nitrogen and oxygen atoms in total. The highest BCUT2D eigenvalue weighted by Gasteiger charge is 2.33. The second-order valence-electron chi connectivity index (χ2n) is 9.49. The zero-order valence-corrected chi connectivity index (χ0v) is 21.2. The Hall–Kier alpha value is -4.45. The molecule has 0 fully saturated rings. The maximum atomic E-state index is 13.6. The van der Waals surface area contributed by atoms with Gasteiger partial charge in [0.25, 0.3) is 11.8 Å². The average Bonchev–Trinajstić information content (AvgIpc) is 2.94. The van der Waals surface area contributed by atoms with E-state index in [0.29, 0.717) is 23.4 Å². The zero-order chi connectivity index (χ0) is 26.5. The molecule has 6 heteroatoms. The molecule has 192 valence electrons. The molecule has 0 bridgehead atoms. The third-order valence-electron chi connectivity index (χ3n) is 6.73. The number of aryl methyl sites for hydroxylation is 1. The predicted molar refractivity (Wildman–Crippen MR) is 144 cm³/mol. The van der Waals surface area contributed by atoms with Gasteiger partial charge in [-0.25, -0.2) is 4.39 Å². The monoisotopic (exact) mass is 508 g/mol. The molecule has 0 aromatic heterocycles. The summed E-state index contributed by atoms with van der Waals surface area (Å²) in [6, 6.07) is 29.2. The number of carbonyl (C=O) groups excluding carboxylic acids is 2. The van der Waals surface area contributed by atoms with Crippen LogP contribution in [0.25, 0.3) is 0 Å². The van der Waals surface area contributed by atoms with Gasteiger partial charge in [0.1, 0.15) is 11.6 Å². The maximum absolute atomic E-state index is 13.6. The second kappa shape index (κ2) is 11.3. The Labute approximate surface area is 221 Å². The molecule has 0 spiro atoms. The number of nitrogens with zero attached hydrogens (tertiary/aromatic N) is 1. The molecule has 0 saturated heterocycles. The summed E-state index contributed by atoms with van der Waals surface area (Å²) in [5.74, 6) is -0.116. The van der Waals surface area contributed by atoms with E-state index < -0.39 is 0 Å². The highest BCUT2D eigenvalue weighted by atomic mass is 19.1. The van der Waals surface area contributed by atoms with Crippen LogP contribution in [0, 0.1) is 12.7 Å². The van der Waals surface area contributed by atoms with E-state index in [1.165, 1.54) is 12.1 Å². The minimum absolute atomic E-state index is 0.0224. The van der Waals surface area contributed by atoms with Crippen molar-refractivity contribution < 1.29 is 18.7 Å². The van der Waals surface area contributed by atoms with Crippen molar-refractivity contribution in [2.24, 2.45) is 0 Å². The van der Waals surface area contributed by atoms with Gasteiger partial charge >= 0.3 is 0 Å². The summed E-state index contributed by atoms with van der Waals surface area (Å²) >= 11 is 0. The number of ether oxygens (including phenoxy) is 1. The van der Waals surface area contributed by atoms with Gasteiger partial charge in [0.2, 0.25) is 0 Å². The minimum Gasteiger partial charge on any atom is -0.484 e. The molecule has 1 heterocycles. The van der Waals surface area contributed by atoms with Crippen molar-refractivity contribution in [2.45, 2.75) is 25.9 Å². The number of hydrogen-bond acceptors (Lipinski definition) is 3. The third-order valence-corrected chi connectivity index (χ3v) is 6.73. The van der Waals surface area contributed by atoms with Crippen molar-refractivity contribution in [1.82, 2.24) is 10.2 Å². The lowest BCUT2D eigenvalue weighted by Crippen LogP contribution is -2.40. The van der Waals surface area contributed by atoms with E-state index in [-0.39, 0.29) is 36.8 Å². The SMILES string of the molecule is Cc1cccc([C@@H]2c3cc(OCC(=O)NCc4cccc(F)c4)ccc3CCN2C(=O)c2ccccc2)c1. The fourth-order valence-corrected chi connectivity index (χ4v) is 4.90. The molecule has 1 atom stereocenters. The number of hydrogen-bond donors (Lipinski definition) is 1. The fraction of sp³-hybridized carbons (Fsp3) is 0.188. The molecule has 1 aliphatic heterocycles. The van der Waals surface area contributed by atoms with Crippen LogP contribution in [0.1, 0.15) is 44.2 Å². The van der Waals surface area contributed by atoms with Gasteiger partial charge in [-0.1, -0.05) is 66.2 Å². The summed E-state index contributed by atoms with van der Waals surface area (Å²) in [7, 11) is 0. The zero-order valence-electron chi connectivity index (χ0n) is 21.2. The first kappa shape index (κ1) is 25.2. The molecule has 38 heavy (non-hydrogen) atoms. The molecule has 5 rings (SSSR count). The molecular formula is C32H29FN2O3. The third kappa shape index (κ3) is 5.75. The van der Waals surface area contributed by atoms with Gasteiger partial charge in [0.05, 0.1) is 6.04 Å². The van der Waals surface area contributed by atoms with Crippen LogP contribution in [0.3, 0.4) is 0 Å². The van der Waals surface area contributed by atoms with Crippen molar-refractivity contribution in [3.63, 3.8) is 0 Å². The number of benzene rings is 4. The summed E-state index contributed by atoms with van der Waals surface area (Å²) in [6.07, 6.45) is 0.727. The molecule has 2 amide bonds. The highest BCUT2D eigenvalue weighted by molar-refractivity contribution is 5.95. The Morgan fingerprint density at radius 2 is 1.76 bits per heavy atom. The normalized spacial score (nSPS) is 14.5. The number of amides is 2. The van der Waals surface area contributed by atoms with E-state index in [2.05, 4.69) is 11.4 Å². The summed E-state index contributed by atoms with van der Waals surface area (Å²) in [5, 5.41) is 2.76. The molecule has 0 aliphatic carbocycles. The Kier molecular flexibility index (Phi) is 7.50. The fourth-order valence-electron chi connectivity index (χ4n) is 4.90. The quantitative estimate of drug-likeness (QED) is 0.353. The Morgan fingerprint density at radius 3 is 2.55 bits per heavy atom. The van der Waals surface area contributed by atoms with Crippen molar-refractivity contribution in [1.29, 1.82) is 0 Å². The van der Waals surface area contributed by atoms with Crippen LogP contribution in [-0.2, 0) is 17.8 Å². The van der Waals surface area contributed by atoms with Gasteiger partial charge in [0, 0.05) is 18.7 Å². The van der Waals surface area contributed by atoms with E-state index in [0.717, 1.165) is 28.7 Å². The van der Waals surface area contributed by atoms with Crippen LogP contribution in [-0.4, -0.2) is 29.9 Å². The van der Waals surface area contributed by atoms with Gasteiger partial charge in [-0.05, 0) is 72.0 Å². The topological polar surface area (TPSA) is 58.6 Å². The predicted octanol–water partition coefficient (Wildman–Crippen LogP) is 5.62. The van der Waals surface area contributed by atoms with Gasteiger partial charge in [-0.2, -0.15) is 0 Å². The van der Waals surface area contributed by atoms with Gasteiger partial charge in [0.15, 0.2) is 6.61 Å². The lowest BCUT2D eigenvalue weighted by molar-refractivity contribution is -0.123. The van der Waals surface area contributed by atoms with Crippen LogP contribution < -0.4 is 10.1 Å². The van der Waals surface area contributed by atoms with Crippen LogP contribution >= 0.6 is 0 Å². The van der Waals surface area contributed by atoms with E-state index >= 15 is 0 Å². The molecule has 0 radical (unpaired) electrons. The number of rotatable bonds is 7. The van der Waals surface area contributed by atoms with E-state index in [4.69, 9.17) is 4.74 Å². The van der Waals surface area contributed by atoms with Crippen LogP contribution in [0.2, 0.25) is 0 Å². The average molecular weight is 509 g/mol. The molecule has 4 aromatic carbocycles. The molecule has 1 N–H and O–H groups in total. The highest BCUT2D eigenvalue weighted by Crippen LogP contribution is 2.38. The van der Waals surface area contributed by atoms with Gasteiger partial charge in [-0.15, -0.1) is 0 Å². The lowest BCUT2D eigenvalue weighted by Gasteiger charge is -2.38.